The van der Waals surface area contributed by atoms with E-state index in [9.17, 15) is 18.0 Å². The highest BCUT2D eigenvalue weighted by molar-refractivity contribution is 8.00. The summed E-state index contributed by atoms with van der Waals surface area (Å²) in [7, 11) is 0. The van der Waals surface area contributed by atoms with Gasteiger partial charge in [0.25, 0.3) is 0 Å². The fourth-order valence-electron chi connectivity index (χ4n) is 2.40. The van der Waals surface area contributed by atoms with Gasteiger partial charge in [-0.25, -0.2) is 0 Å². The van der Waals surface area contributed by atoms with Crippen LogP contribution in [0, 0.1) is 0 Å². The summed E-state index contributed by atoms with van der Waals surface area (Å²) < 4.78 is 40.3. The van der Waals surface area contributed by atoms with Gasteiger partial charge in [0, 0.05) is 4.90 Å². The summed E-state index contributed by atoms with van der Waals surface area (Å²) in [4.78, 5) is 13.4. The molecule has 3 aromatic rings. The Hall–Kier alpha value is -2.54. The monoisotopic (exact) mass is 376 g/mol. The van der Waals surface area contributed by atoms with Gasteiger partial charge in [-0.05, 0) is 23.8 Å². The molecule has 0 aliphatic carbocycles. The topological polar surface area (TPSA) is 34.9 Å². The van der Waals surface area contributed by atoms with E-state index >= 15 is 0 Å². The second-order valence-corrected chi connectivity index (χ2v) is 6.63. The highest BCUT2D eigenvalue weighted by atomic mass is 32.2. The number of Topliss-reactive ketones (excluding diaryl/α,β-unsaturated/α-hetero) is 1. The van der Waals surface area contributed by atoms with E-state index in [1.54, 1.807) is 24.3 Å². The van der Waals surface area contributed by atoms with Crippen molar-refractivity contribution in [2.24, 2.45) is 0 Å². The SMILES string of the molecule is O=C(CSc1ccccc1)c1cc(C(F)(F)F)nn1Cc1ccccc1. The molecule has 0 saturated heterocycles. The number of hydrogen-bond donors (Lipinski definition) is 0. The summed E-state index contributed by atoms with van der Waals surface area (Å²) in [5.74, 6) is -0.347. The van der Waals surface area contributed by atoms with E-state index in [-0.39, 0.29) is 18.0 Å². The van der Waals surface area contributed by atoms with Crippen molar-refractivity contribution in [3.05, 3.63) is 83.7 Å². The molecule has 0 aliphatic rings. The predicted molar refractivity (Wildman–Crippen MR) is 94.3 cm³/mol. The van der Waals surface area contributed by atoms with Gasteiger partial charge in [-0.3, -0.25) is 9.48 Å². The van der Waals surface area contributed by atoms with Crippen LogP contribution < -0.4 is 0 Å². The van der Waals surface area contributed by atoms with Gasteiger partial charge in [0.05, 0.1) is 12.3 Å². The Morgan fingerprint density at radius 1 is 1.00 bits per heavy atom. The zero-order valence-corrected chi connectivity index (χ0v) is 14.4. The van der Waals surface area contributed by atoms with Gasteiger partial charge in [-0.1, -0.05) is 48.5 Å². The smallest absolute Gasteiger partial charge is 0.292 e. The van der Waals surface area contributed by atoms with Crippen LogP contribution in [-0.2, 0) is 12.7 Å². The summed E-state index contributed by atoms with van der Waals surface area (Å²) in [5.41, 5.74) is -0.319. The molecule has 1 heterocycles. The van der Waals surface area contributed by atoms with Gasteiger partial charge in [0.2, 0.25) is 0 Å². The molecule has 1 aromatic heterocycles. The first kappa shape index (κ1) is 18.3. The second-order valence-electron chi connectivity index (χ2n) is 5.58. The molecule has 0 aliphatic heterocycles. The van der Waals surface area contributed by atoms with Crippen LogP contribution in [-0.4, -0.2) is 21.3 Å². The number of benzene rings is 2. The van der Waals surface area contributed by atoms with Gasteiger partial charge in [-0.15, -0.1) is 11.8 Å². The van der Waals surface area contributed by atoms with Crippen molar-refractivity contribution in [3.63, 3.8) is 0 Å². The minimum atomic E-state index is -4.59. The number of ketones is 1. The van der Waals surface area contributed by atoms with E-state index in [4.69, 9.17) is 0 Å². The third kappa shape index (κ3) is 4.54. The molecule has 0 bridgehead atoms. The van der Waals surface area contributed by atoms with E-state index in [0.29, 0.717) is 0 Å². The van der Waals surface area contributed by atoms with E-state index in [1.807, 2.05) is 36.4 Å². The minimum Gasteiger partial charge on any atom is -0.292 e. The Bertz CT molecular complexity index is 877. The third-order valence-electron chi connectivity index (χ3n) is 3.64. The van der Waals surface area contributed by atoms with Crippen molar-refractivity contribution in [1.29, 1.82) is 0 Å². The summed E-state index contributed by atoms with van der Waals surface area (Å²) >= 11 is 1.28. The lowest BCUT2D eigenvalue weighted by Crippen LogP contribution is -2.13. The number of alkyl halides is 3. The number of carbonyl (C=O) groups excluding carboxylic acids is 1. The number of hydrogen-bond acceptors (Lipinski definition) is 3. The van der Waals surface area contributed by atoms with E-state index < -0.39 is 17.7 Å². The molecule has 0 fully saturated rings. The zero-order valence-electron chi connectivity index (χ0n) is 13.6. The number of carbonyl (C=O) groups is 1. The minimum absolute atomic E-state index is 0.0374. The van der Waals surface area contributed by atoms with Gasteiger partial charge >= 0.3 is 6.18 Å². The quantitative estimate of drug-likeness (QED) is 0.452. The maximum Gasteiger partial charge on any atom is 0.435 e. The van der Waals surface area contributed by atoms with Crippen molar-refractivity contribution < 1.29 is 18.0 Å². The van der Waals surface area contributed by atoms with Gasteiger partial charge in [0.1, 0.15) is 5.69 Å². The average molecular weight is 376 g/mol. The molecule has 0 amide bonds. The largest absolute Gasteiger partial charge is 0.435 e. The fraction of sp³-hybridized carbons (Fsp3) is 0.158. The van der Waals surface area contributed by atoms with E-state index in [1.165, 1.54) is 11.8 Å². The number of aromatic nitrogens is 2. The first-order valence-corrected chi connectivity index (χ1v) is 8.82. The Balaban J connectivity index is 1.83. The molecule has 0 N–H and O–H groups in total. The van der Waals surface area contributed by atoms with Crippen LogP contribution in [0.3, 0.4) is 0 Å². The van der Waals surface area contributed by atoms with E-state index in [2.05, 4.69) is 5.10 Å². The average Bonchev–Trinajstić information content (AvgIpc) is 3.06. The van der Waals surface area contributed by atoms with Gasteiger partial charge in [-0.2, -0.15) is 18.3 Å². The molecule has 3 rings (SSSR count). The first-order chi connectivity index (χ1) is 12.4. The van der Waals surface area contributed by atoms with Crippen molar-refractivity contribution >= 4 is 17.5 Å². The van der Waals surface area contributed by atoms with Crippen molar-refractivity contribution in [2.45, 2.75) is 17.6 Å². The highest BCUT2D eigenvalue weighted by Crippen LogP contribution is 2.29. The Kier molecular flexibility index (Phi) is 5.46. The van der Waals surface area contributed by atoms with Crippen LogP contribution in [0.2, 0.25) is 0 Å². The van der Waals surface area contributed by atoms with Crippen LogP contribution in [0.4, 0.5) is 13.2 Å². The third-order valence-corrected chi connectivity index (χ3v) is 4.66. The van der Waals surface area contributed by atoms with Crippen molar-refractivity contribution in [2.75, 3.05) is 5.75 Å². The molecule has 26 heavy (non-hydrogen) atoms. The predicted octanol–water partition coefficient (Wildman–Crippen LogP) is 4.93. The summed E-state index contributed by atoms with van der Waals surface area (Å²) in [6.07, 6.45) is -4.59. The molecule has 0 spiro atoms. The summed E-state index contributed by atoms with van der Waals surface area (Å²) in [6, 6.07) is 19.0. The van der Waals surface area contributed by atoms with E-state index in [0.717, 1.165) is 21.2 Å². The molecular weight excluding hydrogens is 361 g/mol. The van der Waals surface area contributed by atoms with Gasteiger partial charge in [0.15, 0.2) is 11.5 Å². The molecule has 0 atom stereocenters. The Morgan fingerprint density at radius 3 is 2.23 bits per heavy atom. The van der Waals surface area contributed by atoms with Crippen LogP contribution in [0.1, 0.15) is 21.7 Å². The van der Waals surface area contributed by atoms with Crippen LogP contribution in [0.25, 0.3) is 0 Å². The lowest BCUT2D eigenvalue weighted by atomic mass is 10.2. The molecule has 0 radical (unpaired) electrons. The van der Waals surface area contributed by atoms with Crippen molar-refractivity contribution in [3.8, 4) is 0 Å². The molecular formula is C19H15F3N2OS. The fourth-order valence-corrected chi connectivity index (χ4v) is 3.19. The van der Waals surface area contributed by atoms with Crippen LogP contribution in [0.15, 0.2) is 71.6 Å². The summed E-state index contributed by atoms with van der Waals surface area (Å²) in [5, 5.41) is 3.61. The number of halogens is 3. The molecule has 7 heteroatoms. The molecule has 3 nitrogen and oxygen atoms in total. The van der Waals surface area contributed by atoms with Crippen LogP contribution >= 0.6 is 11.8 Å². The number of thioether (sulfide) groups is 1. The Morgan fingerprint density at radius 2 is 1.62 bits per heavy atom. The maximum absolute atomic E-state index is 13.0. The molecule has 134 valence electrons. The Labute approximate surface area is 152 Å². The molecule has 0 unspecified atom stereocenters. The molecule has 2 aromatic carbocycles. The second kappa shape index (κ2) is 7.78. The number of rotatable bonds is 6. The first-order valence-electron chi connectivity index (χ1n) is 7.83. The standard InChI is InChI=1S/C19H15F3N2OS/c20-19(21,22)18-11-16(17(25)13-26-15-9-5-2-6-10-15)24(23-18)12-14-7-3-1-4-8-14/h1-11H,12-13H2. The normalized spacial score (nSPS) is 11.5. The lowest BCUT2D eigenvalue weighted by Gasteiger charge is -2.07. The van der Waals surface area contributed by atoms with Gasteiger partial charge < -0.3 is 0 Å². The zero-order chi connectivity index (χ0) is 18.6. The summed E-state index contributed by atoms with van der Waals surface area (Å²) in [6.45, 7) is 0.105. The lowest BCUT2D eigenvalue weighted by molar-refractivity contribution is -0.141. The molecule has 0 saturated carbocycles. The number of nitrogens with zero attached hydrogens (tertiary/aromatic N) is 2. The van der Waals surface area contributed by atoms with Crippen LogP contribution in [0.5, 0.6) is 0 Å². The highest BCUT2D eigenvalue weighted by Gasteiger charge is 2.35. The van der Waals surface area contributed by atoms with Crippen molar-refractivity contribution in [1.82, 2.24) is 9.78 Å². The maximum atomic E-state index is 13.0.